The molecule has 0 aliphatic carbocycles. The zero-order valence-corrected chi connectivity index (χ0v) is 9.37. The van der Waals surface area contributed by atoms with Crippen LogP contribution >= 0.6 is 0 Å². The lowest BCUT2D eigenvalue weighted by molar-refractivity contribution is -0.119. The highest BCUT2D eigenvalue weighted by molar-refractivity contribution is 5.89. The molecule has 0 aliphatic rings. The molecule has 0 spiro atoms. The summed E-state index contributed by atoms with van der Waals surface area (Å²) in [6.45, 7) is 2.69. The maximum absolute atomic E-state index is 13.1. The van der Waals surface area contributed by atoms with Gasteiger partial charge in [0.2, 0.25) is 0 Å². The molecule has 0 heterocycles. The Morgan fingerprint density at radius 1 is 1.19 bits per heavy atom. The largest absolute Gasteiger partial charge is 0.300 e. The molecule has 0 fully saturated rings. The molecule has 16 heavy (non-hydrogen) atoms. The van der Waals surface area contributed by atoms with E-state index in [0.29, 0.717) is 12.8 Å². The summed E-state index contributed by atoms with van der Waals surface area (Å²) in [7, 11) is 0. The van der Waals surface area contributed by atoms with Gasteiger partial charge >= 0.3 is 0 Å². The fourth-order valence-corrected chi connectivity index (χ4v) is 1.30. The van der Waals surface area contributed by atoms with Gasteiger partial charge < -0.3 is 4.79 Å². The minimum Gasteiger partial charge on any atom is -0.300 e. The number of rotatable bonds is 4. The fraction of sp³-hybridized carbons (Fsp3) is 0.333. The van der Waals surface area contributed by atoms with E-state index >= 15 is 0 Å². The number of hydrogen-bond acceptors (Lipinski definition) is 2. The number of aryl methyl sites for hydroxylation is 1. The lowest BCUT2D eigenvalue weighted by atomic mass is 10.1. The Kier molecular flexibility index (Phi) is 4.17. The smallest absolute Gasteiger partial charge is 0.251 e. The minimum absolute atomic E-state index is 0.0920. The van der Waals surface area contributed by atoms with Gasteiger partial charge in [0.05, 0.1) is 5.69 Å². The number of benzene rings is 1. The van der Waals surface area contributed by atoms with Gasteiger partial charge in [0.15, 0.2) is 0 Å². The van der Waals surface area contributed by atoms with E-state index in [0.717, 1.165) is 12.5 Å². The Hall–Kier alpha value is -1.71. The van der Waals surface area contributed by atoms with Crippen LogP contribution < -0.4 is 5.12 Å². The first-order valence-electron chi connectivity index (χ1n) is 5.05. The molecule has 1 aromatic rings. The lowest BCUT2D eigenvalue weighted by Gasteiger charge is -2.09. The summed E-state index contributed by atoms with van der Waals surface area (Å²) in [6.07, 6.45) is 1.12. The number of ketones is 1. The molecule has 1 aromatic carbocycles. The maximum atomic E-state index is 13.1. The highest BCUT2D eigenvalue weighted by Gasteiger charge is 2.09. The number of Topliss-reactive ketones (excluding diaryl/α,β-unsaturated/α-hetero) is 1. The molecule has 1 rings (SSSR count). The normalized spacial score (nSPS) is 9.94. The van der Waals surface area contributed by atoms with Crippen LogP contribution in [0.1, 0.15) is 25.8 Å². The number of halogens is 1. The molecule has 86 valence electrons. The summed E-state index contributed by atoms with van der Waals surface area (Å²) in [5.41, 5.74) is 1.16. The maximum Gasteiger partial charge on any atom is 0.251 e. The third kappa shape index (κ3) is 3.46. The molecule has 0 saturated carbocycles. The summed E-state index contributed by atoms with van der Waals surface area (Å²) < 4.78 is 13.1. The highest BCUT2D eigenvalue weighted by Crippen LogP contribution is 2.16. The van der Waals surface area contributed by atoms with Crippen molar-refractivity contribution in [3.8, 4) is 0 Å². The van der Waals surface area contributed by atoms with E-state index in [4.69, 9.17) is 0 Å². The molecule has 0 bridgehead atoms. The summed E-state index contributed by atoms with van der Waals surface area (Å²) >= 11 is 0. The zero-order valence-electron chi connectivity index (χ0n) is 9.37. The van der Waals surface area contributed by atoms with Crippen molar-refractivity contribution in [1.82, 2.24) is 0 Å². The number of anilines is 1. The van der Waals surface area contributed by atoms with Gasteiger partial charge in [-0.3, -0.25) is 4.79 Å². The van der Waals surface area contributed by atoms with E-state index in [1.54, 1.807) is 12.1 Å². The third-order valence-corrected chi connectivity index (χ3v) is 2.21. The monoisotopic (exact) mass is 223 g/mol. The van der Waals surface area contributed by atoms with Crippen molar-refractivity contribution in [3.63, 3.8) is 0 Å². The van der Waals surface area contributed by atoms with Gasteiger partial charge in [-0.05, 0) is 31.0 Å². The van der Waals surface area contributed by atoms with Crippen LogP contribution in [-0.2, 0) is 16.0 Å². The van der Waals surface area contributed by atoms with Gasteiger partial charge in [0.1, 0.15) is 5.78 Å². The van der Waals surface area contributed by atoms with E-state index in [-0.39, 0.29) is 16.6 Å². The van der Waals surface area contributed by atoms with Gasteiger partial charge in [0, 0.05) is 13.3 Å². The van der Waals surface area contributed by atoms with Gasteiger partial charge in [-0.1, -0.05) is 16.6 Å². The molecule has 0 aromatic heterocycles. The lowest BCUT2D eigenvalue weighted by Crippen LogP contribution is -2.17. The predicted octanol–water partition coefficient (Wildman–Crippen LogP) is 2.45. The van der Waals surface area contributed by atoms with Crippen LogP contribution in [0.4, 0.5) is 10.2 Å². The standard InChI is InChI=1S/C12H14FNO2/c1-9(15)3-4-11-5-7-12(8-6-11)14(13)10(2)16/h5-8H,3-4H2,1-2H3. The molecule has 1 amide bonds. The molecule has 0 N–H and O–H groups in total. The predicted molar refractivity (Wildman–Crippen MR) is 59.7 cm³/mol. The summed E-state index contributed by atoms with van der Waals surface area (Å²) in [4.78, 5) is 21.5. The van der Waals surface area contributed by atoms with E-state index in [1.807, 2.05) is 0 Å². The Labute approximate surface area is 93.8 Å². The second-order valence-electron chi connectivity index (χ2n) is 3.67. The molecule has 0 radical (unpaired) electrons. The Bertz CT molecular complexity index is 387. The van der Waals surface area contributed by atoms with Crippen molar-refractivity contribution in [3.05, 3.63) is 29.8 Å². The average molecular weight is 223 g/mol. The molecule has 0 saturated heterocycles. The van der Waals surface area contributed by atoms with Gasteiger partial charge in [-0.15, -0.1) is 5.12 Å². The quantitative estimate of drug-likeness (QED) is 0.735. The number of hydrogen-bond donors (Lipinski definition) is 0. The average Bonchev–Trinajstić information content (AvgIpc) is 2.26. The van der Waals surface area contributed by atoms with Crippen LogP contribution in [-0.4, -0.2) is 11.7 Å². The Morgan fingerprint density at radius 3 is 2.19 bits per heavy atom. The number of carbonyl (C=O) groups is 2. The van der Waals surface area contributed by atoms with Crippen LogP contribution in [0.2, 0.25) is 0 Å². The first-order chi connectivity index (χ1) is 7.50. The summed E-state index contributed by atoms with van der Waals surface area (Å²) in [5.74, 6) is -0.531. The van der Waals surface area contributed by atoms with Crippen molar-refractivity contribution < 1.29 is 14.1 Å². The fourth-order valence-electron chi connectivity index (χ4n) is 1.30. The number of amides is 1. The summed E-state index contributed by atoms with van der Waals surface area (Å²) in [6, 6.07) is 6.48. The first-order valence-corrected chi connectivity index (χ1v) is 5.05. The van der Waals surface area contributed by atoms with Crippen molar-refractivity contribution in [2.24, 2.45) is 0 Å². The first kappa shape index (κ1) is 12.4. The summed E-state index contributed by atoms with van der Waals surface area (Å²) in [5, 5.41) is 0.0920. The molecule has 3 nitrogen and oxygen atoms in total. The van der Waals surface area contributed by atoms with Gasteiger partial charge in [0.25, 0.3) is 5.91 Å². The van der Waals surface area contributed by atoms with Crippen LogP contribution in [0.15, 0.2) is 24.3 Å². The number of nitrogens with zero attached hydrogens (tertiary/aromatic N) is 1. The Balaban J connectivity index is 2.67. The molecule has 0 unspecified atom stereocenters. The SMILES string of the molecule is CC(=O)CCc1ccc(N(F)C(C)=O)cc1. The minimum atomic E-state index is -0.656. The second kappa shape index (κ2) is 5.39. The van der Waals surface area contributed by atoms with E-state index in [1.165, 1.54) is 19.1 Å². The van der Waals surface area contributed by atoms with Crippen LogP contribution in [0.25, 0.3) is 0 Å². The van der Waals surface area contributed by atoms with E-state index in [2.05, 4.69) is 0 Å². The van der Waals surface area contributed by atoms with Crippen molar-refractivity contribution >= 4 is 17.4 Å². The van der Waals surface area contributed by atoms with E-state index in [9.17, 15) is 14.1 Å². The van der Waals surface area contributed by atoms with Gasteiger partial charge in [-0.25, -0.2) is 0 Å². The molecule has 0 aliphatic heterocycles. The number of carbonyl (C=O) groups excluding carboxylic acids is 2. The topological polar surface area (TPSA) is 37.4 Å². The highest BCUT2D eigenvalue weighted by atomic mass is 19.2. The van der Waals surface area contributed by atoms with E-state index < -0.39 is 5.91 Å². The van der Waals surface area contributed by atoms with Crippen molar-refractivity contribution in [1.29, 1.82) is 0 Å². The van der Waals surface area contributed by atoms with Crippen molar-refractivity contribution in [2.45, 2.75) is 26.7 Å². The molecular formula is C12H14FNO2. The molecule has 4 heteroatoms. The Morgan fingerprint density at radius 2 is 1.75 bits per heavy atom. The van der Waals surface area contributed by atoms with Crippen LogP contribution in [0.3, 0.4) is 0 Å². The van der Waals surface area contributed by atoms with Crippen molar-refractivity contribution in [2.75, 3.05) is 5.12 Å². The second-order valence-corrected chi connectivity index (χ2v) is 3.67. The van der Waals surface area contributed by atoms with Crippen LogP contribution in [0, 0.1) is 0 Å². The zero-order chi connectivity index (χ0) is 12.1. The molecule has 0 atom stereocenters. The van der Waals surface area contributed by atoms with Gasteiger partial charge in [-0.2, -0.15) is 0 Å². The molecular weight excluding hydrogens is 209 g/mol. The van der Waals surface area contributed by atoms with Crippen LogP contribution in [0.5, 0.6) is 0 Å². The third-order valence-electron chi connectivity index (χ3n) is 2.21.